The largest absolute Gasteiger partial charge is 0.478 e. The molecule has 0 atom stereocenters. The third-order valence-electron chi connectivity index (χ3n) is 5.15. The molecule has 0 saturated carbocycles. The van der Waals surface area contributed by atoms with Crippen molar-refractivity contribution in [3.63, 3.8) is 0 Å². The molecule has 1 aliphatic heterocycles. The summed E-state index contributed by atoms with van der Waals surface area (Å²) in [5.74, 6) is -1.05. The highest BCUT2D eigenvalue weighted by Gasteiger charge is 2.24. The molecule has 7 heteroatoms. The predicted octanol–water partition coefficient (Wildman–Crippen LogP) is 2.80. The zero-order valence-corrected chi connectivity index (χ0v) is 16.4. The number of benzene rings is 2. The lowest BCUT2D eigenvalue weighted by atomic mass is 10.0. The van der Waals surface area contributed by atoms with Crippen LogP contribution in [0.1, 0.15) is 44.7 Å². The maximum absolute atomic E-state index is 12.4. The Morgan fingerprint density at radius 1 is 1.03 bits per heavy atom. The van der Waals surface area contributed by atoms with E-state index in [1.54, 1.807) is 17.0 Å². The van der Waals surface area contributed by atoms with Crippen LogP contribution in [0.4, 0.5) is 4.79 Å². The predicted molar refractivity (Wildman–Crippen MR) is 109 cm³/mol. The zero-order valence-electron chi connectivity index (χ0n) is 16.4. The van der Waals surface area contributed by atoms with Gasteiger partial charge in [-0.15, -0.1) is 0 Å². The van der Waals surface area contributed by atoms with E-state index in [9.17, 15) is 14.4 Å². The molecule has 0 bridgehead atoms. The highest BCUT2D eigenvalue weighted by molar-refractivity contribution is 5.95. The third-order valence-corrected chi connectivity index (χ3v) is 5.15. The standard InChI is InChI=1S/C22H25N3O4/c1-15-4-2-3-5-19(15)20(26)24-18-10-12-25(13-11-18)22(29)23-14-16-6-8-17(9-7-16)21(27)28/h2-9,18H,10-14H2,1H3,(H,23,29)(H,24,26)(H,27,28). The molecule has 152 valence electrons. The van der Waals surface area contributed by atoms with Crippen LogP contribution < -0.4 is 10.6 Å². The molecule has 3 N–H and O–H groups in total. The van der Waals surface area contributed by atoms with Crippen LogP contribution in [0.5, 0.6) is 0 Å². The van der Waals surface area contributed by atoms with E-state index < -0.39 is 5.97 Å². The number of amides is 3. The minimum atomic E-state index is -0.974. The van der Waals surface area contributed by atoms with Crippen molar-refractivity contribution in [3.05, 3.63) is 70.8 Å². The lowest BCUT2D eigenvalue weighted by Crippen LogP contribution is -2.49. The molecule has 2 aromatic rings. The van der Waals surface area contributed by atoms with E-state index in [1.165, 1.54) is 12.1 Å². The van der Waals surface area contributed by atoms with Gasteiger partial charge in [0.15, 0.2) is 0 Å². The first kappa shape index (κ1) is 20.4. The summed E-state index contributed by atoms with van der Waals surface area (Å²) in [6.45, 7) is 3.39. The molecule has 3 rings (SSSR count). The molecular formula is C22H25N3O4. The average molecular weight is 395 g/mol. The SMILES string of the molecule is Cc1ccccc1C(=O)NC1CCN(C(=O)NCc2ccc(C(=O)O)cc2)CC1. The lowest BCUT2D eigenvalue weighted by Gasteiger charge is -2.32. The number of hydrogen-bond donors (Lipinski definition) is 3. The van der Waals surface area contributed by atoms with E-state index >= 15 is 0 Å². The number of likely N-dealkylation sites (tertiary alicyclic amines) is 1. The molecule has 1 fully saturated rings. The summed E-state index contributed by atoms with van der Waals surface area (Å²) >= 11 is 0. The number of urea groups is 1. The molecule has 1 aliphatic rings. The maximum atomic E-state index is 12.4. The highest BCUT2D eigenvalue weighted by atomic mass is 16.4. The molecule has 0 aliphatic carbocycles. The Morgan fingerprint density at radius 3 is 2.31 bits per heavy atom. The smallest absolute Gasteiger partial charge is 0.335 e. The lowest BCUT2D eigenvalue weighted by molar-refractivity contribution is 0.0696. The first-order valence-electron chi connectivity index (χ1n) is 9.65. The van der Waals surface area contributed by atoms with Gasteiger partial charge in [0.2, 0.25) is 0 Å². The van der Waals surface area contributed by atoms with Gasteiger partial charge in [-0.2, -0.15) is 0 Å². The van der Waals surface area contributed by atoms with Gasteiger partial charge in [0.1, 0.15) is 0 Å². The van der Waals surface area contributed by atoms with Gasteiger partial charge in [-0.05, 0) is 49.1 Å². The Labute approximate surface area is 169 Å². The van der Waals surface area contributed by atoms with Crippen LogP contribution >= 0.6 is 0 Å². The van der Waals surface area contributed by atoms with Gasteiger partial charge in [-0.25, -0.2) is 9.59 Å². The van der Waals surface area contributed by atoms with Crippen molar-refractivity contribution < 1.29 is 19.5 Å². The van der Waals surface area contributed by atoms with E-state index in [2.05, 4.69) is 10.6 Å². The molecule has 0 aromatic heterocycles. The number of carboxylic acids is 1. The fraction of sp³-hybridized carbons (Fsp3) is 0.318. The summed E-state index contributed by atoms with van der Waals surface area (Å²) in [6.07, 6.45) is 1.41. The van der Waals surface area contributed by atoms with Gasteiger partial charge in [0.25, 0.3) is 5.91 Å². The van der Waals surface area contributed by atoms with E-state index in [4.69, 9.17) is 5.11 Å². The number of carbonyl (C=O) groups excluding carboxylic acids is 2. The van der Waals surface area contributed by atoms with Gasteiger partial charge in [0.05, 0.1) is 5.56 Å². The summed E-state index contributed by atoms with van der Waals surface area (Å²) in [5, 5.41) is 14.8. The second-order valence-corrected chi connectivity index (χ2v) is 7.21. The monoisotopic (exact) mass is 395 g/mol. The molecule has 7 nitrogen and oxygen atoms in total. The van der Waals surface area contributed by atoms with E-state index in [0.717, 1.165) is 11.1 Å². The fourth-order valence-electron chi connectivity index (χ4n) is 3.37. The maximum Gasteiger partial charge on any atom is 0.335 e. The summed E-state index contributed by atoms with van der Waals surface area (Å²) in [4.78, 5) is 37.4. The van der Waals surface area contributed by atoms with E-state index in [0.29, 0.717) is 38.0 Å². The number of aryl methyl sites for hydroxylation is 1. The van der Waals surface area contributed by atoms with Crippen molar-refractivity contribution in [2.24, 2.45) is 0 Å². The molecule has 0 unspecified atom stereocenters. The average Bonchev–Trinajstić information content (AvgIpc) is 2.73. The quantitative estimate of drug-likeness (QED) is 0.725. The Bertz CT molecular complexity index is 887. The van der Waals surface area contributed by atoms with Crippen molar-refractivity contribution >= 4 is 17.9 Å². The third kappa shape index (κ3) is 5.34. The fourth-order valence-corrected chi connectivity index (χ4v) is 3.37. The van der Waals surface area contributed by atoms with Crippen molar-refractivity contribution in [1.82, 2.24) is 15.5 Å². The first-order valence-corrected chi connectivity index (χ1v) is 9.65. The van der Waals surface area contributed by atoms with Crippen LogP contribution in [0.25, 0.3) is 0 Å². The Morgan fingerprint density at radius 2 is 1.69 bits per heavy atom. The number of nitrogens with one attached hydrogen (secondary N) is 2. The number of carboxylic acid groups (broad SMARTS) is 1. The van der Waals surface area contributed by atoms with E-state index in [1.807, 2.05) is 31.2 Å². The Balaban J connectivity index is 1.44. The number of rotatable bonds is 5. The minimum Gasteiger partial charge on any atom is -0.478 e. The molecular weight excluding hydrogens is 370 g/mol. The second-order valence-electron chi connectivity index (χ2n) is 7.21. The topological polar surface area (TPSA) is 98.7 Å². The number of aromatic carboxylic acids is 1. The van der Waals surface area contributed by atoms with Gasteiger partial charge in [-0.3, -0.25) is 4.79 Å². The van der Waals surface area contributed by atoms with Crippen LogP contribution in [-0.2, 0) is 6.54 Å². The number of hydrogen-bond acceptors (Lipinski definition) is 3. The number of piperidine rings is 1. The van der Waals surface area contributed by atoms with Crippen LogP contribution in [0, 0.1) is 6.92 Å². The van der Waals surface area contributed by atoms with Crippen molar-refractivity contribution in [3.8, 4) is 0 Å². The second kappa shape index (κ2) is 9.23. The highest BCUT2D eigenvalue weighted by Crippen LogP contribution is 2.13. The molecule has 29 heavy (non-hydrogen) atoms. The van der Waals surface area contributed by atoms with Gasteiger partial charge >= 0.3 is 12.0 Å². The zero-order chi connectivity index (χ0) is 20.8. The van der Waals surface area contributed by atoms with Crippen molar-refractivity contribution in [1.29, 1.82) is 0 Å². The first-order chi connectivity index (χ1) is 13.9. The van der Waals surface area contributed by atoms with Gasteiger partial charge < -0.3 is 20.6 Å². The number of carbonyl (C=O) groups is 3. The number of nitrogens with zero attached hydrogens (tertiary/aromatic N) is 1. The van der Waals surface area contributed by atoms with Crippen LogP contribution in [0.15, 0.2) is 48.5 Å². The summed E-state index contributed by atoms with van der Waals surface area (Å²) in [6, 6.07) is 13.8. The van der Waals surface area contributed by atoms with Crippen molar-refractivity contribution in [2.75, 3.05) is 13.1 Å². The summed E-state index contributed by atoms with van der Waals surface area (Å²) in [5.41, 5.74) is 2.68. The molecule has 1 heterocycles. The van der Waals surface area contributed by atoms with Crippen molar-refractivity contribution in [2.45, 2.75) is 32.4 Å². The molecule has 2 aromatic carbocycles. The van der Waals surface area contributed by atoms with Crippen LogP contribution in [0.3, 0.4) is 0 Å². The van der Waals surface area contributed by atoms with Gasteiger partial charge in [-0.1, -0.05) is 30.3 Å². The molecule has 0 radical (unpaired) electrons. The van der Waals surface area contributed by atoms with Gasteiger partial charge in [0, 0.05) is 31.2 Å². The molecule has 3 amide bonds. The Hall–Kier alpha value is -3.35. The van der Waals surface area contributed by atoms with E-state index in [-0.39, 0.29) is 23.5 Å². The summed E-state index contributed by atoms with van der Waals surface area (Å²) < 4.78 is 0. The molecule has 0 spiro atoms. The Kier molecular flexibility index (Phi) is 6.49. The summed E-state index contributed by atoms with van der Waals surface area (Å²) in [7, 11) is 0. The molecule has 1 saturated heterocycles. The normalized spacial score (nSPS) is 14.3. The van der Waals surface area contributed by atoms with Crippen LogP contribution in [0.2, 0.25) is 0 Å². The van der Waals surface area contributed by atoms with Crippen LogP contribution in [-0.4, -0.2) is 47.0 Å². The minimum absolute atomic E-state index is 0.0507.